The molecule has 0 aliphatic heterocycles. The minimum absolute atomic E-state index is 0.167. The molecule has 0 bridgehead atoms. The van der Waals surface area contributed by atoms with Crippen LogP contribution in [0.2, 0.25) is 0 Å². The van der Waals surface area contributed by atoms with E-state index in [2.05, 4.69) is 10.3 Å². The first-order chi connectivity index (χ1) is 8.60. The predicted molar refractivity (Wildman–Crippen MR) is 64.3 cm³/mol. The van der Waals surface area contributed by atoms with Gasteiger partial charge < -0.3 is 14.8 Å². The fourth-order valence-electron chi connectivity index (χ4n) is 1.60. The Kier molecular flexibility index (Phi) is 5.35. The van der Waals surface area contributed by atoms with Gasteiger partial charge in [-0.3, -0.25) is 4.79 Å². The molecule has 100 valence electrons. The lowest BCUT2D eigenvalue weighted by molar-refractivity contribution is -0.139. The molecule has 1 rings (SSSR count). The van der Waals surface area contributed by atoms with Gasteiger partial charge >= 0.3 is 5.97 Å². The first kappa shape index (κ1) is 14.2. The van der Waals surface area contributed by atoms with E-state index in [0.29, 0.717) is 18.6 Å². The molecule has 1 aromatic rings. The maximum Gasteiger partial charge on any atom is 0.326 e. The molecule has 0 aliphatic rings. The zero-order chi connectivity index (χ0) is 13.5. The molecule has 0 saturated carbocycles. The highest BCUT2D eigenvalue weighted by atomic mass is 16.4. The smallest absolute Gasteiger partial charge is 0.326 e. The highest BCUT2D eigenvalue weighted by Gasteiger charge is 2.23. The van der Waals surface area contributed by atoms with Gasteiger partial charge in [-0.1, -0.05) is 26.7 Å². The van der Waals surface area contributed by atoms with Gasteiger partial charge in [0.25, 0.3) is 5.91 Å². The van der Waals surface area contributed by atoms with Gasteiger partial charge in [0.15, 0.2) is 12.1 Å². The molecular weight excluding hydrogens is 236 g/mol. The van der Waals surface area contributed by atoms with Gasteiger partial charge in [-0.15, -0.1) is 0 Å². The monoisotopic (exact) mass is 254 g/mol. The van der Waals surface area contributed by atoms with E-state index in [9.17, 15) is 9.59 Å². The molecule has 0 fully saturated rings. The number of carboxylic acids is 1. The van der Waals surface area contributed by atoms with Crippen LogP contribution in [0.25, 0.3) is 0 Å². The summed E-state index contributed by atoms with van der Waals surface area (Å²) in [5.41, 5.74) is 0.167. The highest BCUT2D eigenvalue weighted by molar-refractivity contribution is 5.95. The Morgan fingerprint density at radius 1 is 1.50 bits per heavy atom. The average Bonchev–Trinajstić information content (AvgIpc) is 2.82. The summed E-state index contributed by atoms with van der Waals surface area (Å²) >= 11 is 0. The lowest BCUT2D eigenvalue weighted by atomic mass is 10.1. The Bertz CT molecular complexity index is 414. The Morgan fingerprint density at radius 2 is 2.22 bits per heavy atom. The quantitative estimate of drug-likeness (QED) is 0.771. The maximum atomic E-state index is 11.9. The van der Waals surface area contributed by atoms with Crippen molar-refractivity contribution in [1.29, 1.82) is 0 Å². The van der Waals surface area contributed by atoms with Gasteiger partial charge in [0, 0.05) is 6.42 Å². The van der Waals surface area contributed by atoms with Crippen LogP contribution in [0.4, 0.5) is 0 Å². The second-order valence-electron chi connectivity index (χ2n) is 3.98. The van der Waals surface area contributed by atoms with Gasteiger partial charge in [-0.05, 0) is 6.42 Å². The molecule has 0 radical (unpaired) electrons. The molecule has 1 heterocycles. The molecule has 1 unspecified atom stereocenters. The maximum absolute atomic E-state index is 11.9. The number of oxazole rings is 1. The molecule has 0 aliphatic carbocycles. The van der Waals surface area contributed by atoms with Crippen LogP contribution >= 0.6 is 0 Å². The van der Waals surface area contributed by atoms with E-state index in [4.69, 9.17) is 9.52 Å². The molecule has 0 spiro atoms. The van der Waals surface area contributed by atoms with Gasteiger partial charge in [0.05, 0.1) is 0 Å². The lowest BCUT2D eigenvalue weighted by Gasteiger charge is -2.13. The van der Waals surface area contributed by atoms with Gasteiger partial charge in [-0.2, -0.15) is 0 Å². The largest absolute Gasteiger partial charge is 0.480 e. The number of rotatable bonds is 7. The summed E-state index contributed by atoms with van der Waals surface area (Å²) in [4.78, 5) is 26.7. The summed E-state index contributed by atoms with van der Waals surface area (Å²) in [7, 11) is 0. The second-order valence-corrected chi connectivity index (χ2v) is 3.98. The number of unbranched alkanes of at least 4 members (excludes halogenated alkanes) is 1. The molecule has 6 nitrogen and oxygen atoms in total. The van der Waals surface area contributed by atoms with Gasteiger partial charge in [-0.25, -0.2) is 9.78 Å². The Hall–Kier alpha value is -1.85. The van der Waals surface area contributed by atoms with Crippen molar-refractivity contribution in [1.82, 2.24) is 10.3 Å². The predicted octanol–water partition coefficient (Wildman–Crippen LogP) is 1.61. The van der Waals surface area contributed by atoms with E-state index in [0.717, 1.165) is 12.8 Å². The van der Waals surface area contributed by atoms with E-state index in [-0.39, 0.29) is 5.69 Å². The first-order valence-corrected chi connectivity index (χ1v) is 6.06. The zero-order valence-electron chi connectivity index (χ0n) is 10.6. The number of aliphatic carboxylic acids is 1. The van der Waals surface area contributed by atoms with Crippen molar-refractivity contribution in [2.45, 2.75) is 45.6 Å². The van der Waals surface area contributed by atoms with Crippen molar-refractivity contribution >= 4 is 11.9 Å². The fourth-order valence-corrected chi connectivity index (χ4v) is 1.60. The molecule has 1 aromatic heterocycles. The number of carboxylic acid groups (broad SMARTS) is 1. The number of nitrogens with zero attached hydrogens (tertiary/aromatic N) is 1. The van der Waals surface area contributed by atoms with Crippen molar-refractivity contribution in [3.05, 3.63) is 17.8 Å². The number of aromatic nitrogens is 1. The molecule has 6 heteroatoms. The molecule has 2 N–H and O–H groups in total. The minimum Gasteiger partial charge on any atom is -0.480 e. The fraction of sp³-hybridized carbons (Fsp3) is 0.583. The summed E-state index contributed by atoms with van der Waals surface area (Å²) < 4.78 is 5.04. The Morgan fingerprint density at radius 3 is 2.78 bits per heavy atom. The van der Waals surface area contributed by atoms with Crippen LogP contribution in [-0.2, 0) is 11.2 Å². The third-order valence-corrected chi connectivity index (χ3v) is 2.63. The summed E-state index contributed by atoms with van der Waals surface area (Å²) in [6, 6.07) is -0.876. The Labute approximate surface area is 105 Å². The van der Waals surface area contributed by atoms with Crippen LogP contribution in [0.5, 0.6) is 0 Å². The molecule has 0 saturated heterocycles. The zero-order valence-corrected chi connectivity index (χ0v) is 10.6. The number of carbonyl (C=O) groups is 2. The SMILES string of the molecule is CCCCC(NC(=O)c1ncoc1CC)C(=O)O. The van der Waals surface area contributed by atoms with E-state index >= 15 is 0 Å². The van der Waals surface area contributed by atoms with Crippen LogP contribution in [0.1, 0.15) is 49.4 Å². The van der Waals surface area contributed by atoms with Crippen molar-refractivity contribution in [2.24, 2.45) is 0 Å². The molecule has 1 amide bonds. The first-order valence-electron chi connectivity index (χ1n) is 6.06. The number of carbonyl (C=O) groups excluding carboxylic acids is 1. The van der Waals surface area contributed by atoms with Gasteiger partial charge in [0.2, 0.25) is 0 Å². The highest BCUT2D eigenvalue weighted by Crippen LogP contribution is 2.09. The number of hydrogen-bond donors (Lipinski definition) is 2. The standard InChI is InChI=1S/C12H18N2O4/c1-3-5-6-8(12(16)17)14-11(15)10-9(4-2)18-7-13-10/h7-8H,3-6H2,1-2H3,(H,14,15)(H,16,17). The summed E-state index contributed by atoms with van der Waals surface area (Å²) in [5.74, 6) is -1.06. The van der Waals surface area contributed by atoms with Crippen LogP contribution in [-0.4, -0.2) is 28.0 Å². The van der Waals surface area contributed by atoms with E-state index in [1.165, 1.54) is 6.39 Å². The van der Waals surface area contributed by atoms with E-state index in [1.54, 1.807) is 0 Å². The topological polar surface area (TPSA) is 92.4 Å². The summed E-state index contributed by atoms with van der Waals surface area (Å²) in [5, 5.41) is 11.5. The van der Waals surface area contributed by atoms with Crippen LogP contribution in [0, 0.1) is 0 Å². The van der Waals surface area contributed by atoms with Crippen molar-refractivity contribution in [3.63, 3.8) is 0 Å². The van der Waals surface area contributed by atoms with Crippen LogP contribution in [0.15, 0.2) is 10.8 Å². The number of amides is 1. The average molecular weight is 254 g/mol. The van der Waals surface area contributed by atoms with Crippen LogP contribution < -0.4 is 5.32 Å². The van der Waals surface area contributed by atoms with E-state index < -0.39 is 17.9 Å². The third kappa shape index (κ3) is 3.58. The number of nitrogens with one attached hydrogen (secondary N) is 1. The van der Waals surface area contributed by atoms with Crippen molar-refractivity contribution in [2.75, 3.05) is 0 Å². The van der Waals surface area contributed by atoms with Gasteiger partial charge in [0.1, 0.15) is 11.8 Å². The molecule has 18 heavy (non-hydrogen) atoms. The van der Waals surface area contributed by atoms with Crippen molar-refractivity contribution < 1.29 is 19.1 Å². The third-order valence-electron chi connectivity index (χ3n) is 2.63. The summed E-state index contributed by atoms with van der Waals surface area (Å²) in [6.07, 6.45) is 3.77. The van der Waals surface area contributed by atoms with Crippen molar-refractivity contribution in [3.8, 4) is 0 Å². The number of hydrogen-bond acceptors (Lipinski definition) is 4. The summed E-state index contributed by atoms with van der Waals surface area (Å²) in [6.45, 7) is 3.80. The normalized spacial score (nSPS) is 12.1. The Balaban J connectivity index is 2.69. The molecule has 1 atom stereocenters. The number of aryl methyl sites for hydroxylation is 1. The molecule has 0 aromatic carbocycles. The second kappa shape index (κ2) is 6.78. The lowest BCUT2D eigenvalue weighted by Crippen LogP contribution is -2.41. The van der Waals surface area contributed by atoms with Crippen LogP contribution in [0.3, 0.4) is 0 Å². The minimum atomic E-state index is -1.03. The van der Waals surface area contributed by atoms with E-state index in [1.807, 2.05) is 13.8 Å². The molecular formula is C12H18N2O4.